The van der Waals surface area contributed by atoms with Crippen LogP contribution in [0.4, 0.5) is 13.2 Å². The number of rotatable bonds is 5. The van der Waals surface area contributed by atoms with Gasteiger partial charge in [-0.15, -0.1) is 13.2 Å². The van der Waals surface area contributed by atoms with Crippen molar-refractivity contribution >= 4 is 0 Å². The number of halogens is 3. The van der Waals surface area contributed by atoms with E-state index in [0.29, 0.717) is 39.5 Å². The molecule has 7 nitrogen and oxygen atoms in total. The van der Waals surface area contributed by atoms with E-state index in [4.69, 9.17) is 14.2 Å². The summed E-state index contributed by atoms with van der Waals surface area (Å²) >= 11 is 0. The van der Waals surface area contributed by atoms with E-state index in [-0.39, 0.29) is 23.9 Å². The minimum absolute atomic E-state index is 0.267. The fraction of sp³-hybridized carbons (Fsp3) is 0.667. The maximum Gasteiger partial charge on any atom is 0.573 e. The van der Waals surface area contributed by atoms with Crippen LogP contribution < -0.4 is 10.1 Å². The Balaban J connectivity index is 1.38. The van der Waals surface area contributed by atoms with E-state index in [1.807, 2.05) is 0 Å². The molecule has 10 heteroatoms. The van der Waals surface area contributed by atoms with Crippen molar-refractivity contribution in [2.75, 3.05) is 32.9 Å². The number of hydrogen-bond donors (Lipinski definition) is 2. The fourth-order valence-electron chi connectivity index (χ4n) is 3.96. The third kappa shape index (κ3) is 4.42. The predicted octanol–water partition coefficient (Wildman–Crippen LogP) is 0.860. The van der Waals surface area contributed by atoms with Crippen LogP contribution in [0.1, 0.15) is 5.56 Å². The lowest BCUT2D eigenvalue weighted by Gasteiger charge is -2.45. The van der Waals surface area contributed by atoms with Gasteiger partial charge in [0.1, 0.15) is 11.9 Å². The van der Waals surface area contributed by atoms with Crippen LogP contribution in [0.15, 0.2) is 24.3 Å². The van der Waals surface area contributed by atoms with E-state index in [1.54, 1.807) is 12.1 Å². The minimum atomic E-state index is -4.71. The highest BCUT2D eigenvalue weighted by atomic mass is 19.4. The Hall–Kier alpha value is -1.43. The first-order valence-corrected chi connectivity index (χ1v) is 9.26. The maximum atomic E-state index is 12.3. The molecular weight excluding hydrogens is 381 g/mol. The summed E-state index contributed by atoms with van der Waals surface area (Å²) in [4.78, 5) is 2.12. The van der Waals surface area contributed by atoms with Crippen molar-refractivity contribution in [3.05, 3.63) is 29.8 Å². The molecule has 0 amide bonds. The molecule has 2 N–H and O–H groups in total. The number of morpholine rings is 1. The van der Waals surface area contributed by atoms with Gasteiger partial charge in [-0.05, 0) is 17.7 Å². The van der Waals surface area contributed by atoms with Gasteiger partial charge in [-0.3, -0.25) is 4.90 Å². The SMILES string of the molecule is OC1C(NCc2ccc(OC(F)(F)F)cc2)C2COC(O2)C1N1CCOCC1. The van der Waals surface area contributed by atoms with Crippen LogP contribution in [0.3, 0.4) is 0 Å². The number of aliphatic hydroxyl groups is 1. The third-order valence-corrected chi connectivity index (χ3v) is 5.30. The summed E-state index contributed by atoms with van der Waals surface area (Å²) in [6, 6.07) is 5.00. The van der Waals surface area contributed by atoms with Crippen molar-refractivity contribution in [1.82, 2.24) is 10.2 Å². The highest BCUT2D eigenvalue weighted by Gasteiger charge is 2.52. The lowest BCUT2D eigenvalue weighted by molar-refractivity contribution is -0.274. The Morgan fingerprint density at radius 1 is 1.18 bits per heavy atom. The van der Waals surface area contributed by atoms with Crippen molar-refractivity contribution in [3.63, 3.8) is 0 Å². The van der Waals surface area contributed by atoms with Crippen LogP contribution >= 0.6 is 0 Å². The zero-order valence-corrected chi connectivity index (χ0v) is 15.1. The number of aliphatic hydroxyl groups excluding tert-OH is 1. The van der Waals surface area contributed by atoms with Crippen LogP contribution in [-0.4, -0.2) is 79.9 Å². The maximum absolute atomic E-state index is 12.3. The van der Waals surface area contributed by atoms with Crippen molar-refractivity contribution in [2.45, 2.75) is 43.5 Å². The quantitative estimate of drug-likeness (QED) is 0.754. The lowest BCUT2D eigenvalue weighted by atomic mass is 9.94. The van der Waals surface area contributed by atoms with Gasteiger partial charge in [-0.25, -0.2) is 0 Å². The van der Waals surface area contributed by atoms with Crippen LogP contribution in [-0.2, 0) is 20.8 Å². The van der Waals surface area contributed by atoms with Gasteiger partial charge in [-0.1, -0.05) is 12.1 Å². The number of hydrogen-bond acceptors (Lipinski definition) is 7. The van der Waals surface area contributed by atoms with Crippen molar-refractivity contribution in [1.29, 1.82) is 0 Å². The second-order valence-corrected chi connectivity index (χ2v) is 7.10. The van der Waals surface area contributed by atoms with Gasteiger partial charge in [0, 0.05) is 19.6 Å². The van der Waals surface area contributed by atoms with E-state index in [2.05, 4.69) is 15.0 Å². The summed E-state index contributed by atoms with van der Waals surface area (Å²) in [7, 11) is 0. The average Bonchev–Trinajstić information content (AvgIpc) is 3.07. The fourth-order valence-corrected chi connectivity index (χ4v) is 3.96. The Morgan fingerprint density at radius 2 is 1.89 bits per heavy atom. The van der Waals surface area contributed by atoms with E-state index in [9.17, 15) is 18.3 Å². The highest BCUT2D eigenvalue weighted by molar-refractivity contribution is 5.27. The molecule has 3 heterocycles. The first-order chi connectivity index (χ1) is 13.4. The number of alkyl halides is 3. The van der Waals surface area contributed by atoms with Gasteiger partial charge in [0.15, 0.2) is 6.29 Å². The standard InChI is InChI=1S/C18H23F3N2O5/c19-18(20,21)28-12-3-1-11(2-4-12)9-22-14-13-10-26-17(27-13)15(16(14)24)23-5-7-25-8-6-23/h1-4,13-17,22,24H,5-10H2. The largest absolute Gasteiger partial charge is 0.573 e. The molecule has 0 spiro atoms. The highest BCUT2D eigenvalue weighted by Crippen LogP contribution is 2.32. The van der Waals surface area contributed by atoms with Crippen molar-refractivity contribution in [3.8, 4) is 5.75 Å². The number of fused-ring (bicyclic) bond motifs is 2. The van der Waals surface area contributed by atoms with E-state index >= 15 is 0 Å². The van der Waals surface area contributed by atoms with Crippen LogP contribution in [0, 0.1) is 0 Å². The number of benzene rings is 1. The molecule has 1 aromatic carbocycles. The first kappa shape index (κ1) is 19.9. The molecule has 1 aromatic rings. The molecule has 0 saturated carbocycles. The Morgan fingerprint density at radius 3 is 2.57 bits per heavy atom. The third-order valence-electron chi connectivity index (χ3n) is 5.30. The van der Waals surface area contributed by atoms with Gasteiger partial charge in [0.2, 0.25) is 0 Å². The summed E-state index contributed by atoms with van der Waals surface area (Å²) in [5, 5.41) is 14.2. The Labute approximate surface area is 160 Å². The van der Waals surface area contributed by atoms with Gasteiger partial charge in [0.05, 0.1) is 38.0 Å². The monoisotopic (exact) mass is 404 g/mol. The zero-order chi connectivity index (χ0) is 19.7. The number of nitrogens with one attached hydrogen (secondary N) is 1. The Kier molecular flexibility index (Phi) is 5.77. The molecule has 3 aliphatic rings. The molecule has 28 heavy (non-hydrogen) atoms. The molecule has 0 aromatic heterocycles. The van der Waals surface area contributed by atoms with Crippen LogP contribution in [0.2, 0.25) is 0 Å². The topological polar surface area (TPSA) is 72.4 Å². The molecule has 4 rings (SSSR count). The minimum Gasteiger partial charge on any atom is -0.406 e. The van der Waals surface area contributed by atoms with Gasteiger partial charge >= 0.3 is 6.36 Å². The second kappa shape index (κ2) is 8.13. The van der Waals surface area contributed by atoms with Gasteiger partial charge < -0.3 is 29.4 Å². The van der Waals surface area contributed by atoms with Crippen LogP contribution in [0.5, 0.6) is 5.75 Å². The number of ether oxygens (including phenoxy) is 4. The smallest absolute Gasteiger partial charge is 0.406 e. The molecule has 0 radical (unpaired) electrons. The molecule has 0 aliphatic carbocycles. The molecular formula is C18H23F3N2O5. The Bertz CT molecular complexity index is 654. The molecule has 5 atom stereocenters. The van der Waals surface area contributed by atoms with Crippen molar-refractivity contribution < 1.29 is 37.2 Å². The van der Waals surface area contributed by atoms with E-state index < -0.39 is 18.8 Å². The molecule has 3 saturated heterocycles. The summed E-state index contributed by atoms with van der Waals surface area (Å²) < 4.78 is 57.7. The average molecular weight is 404 g/mol. The summed E-state index contributed by atoms with van der Waals surface area (Å²) in [6.07, 6.45) is -6.14. The molecule has 156 valence electrons. The van der Waals surface area contributed by atoms with E-state index in [1.165, 1.54) is 12.1 Å². The molecule has 3 fully saturated rings. The summed E-state index contributed by atoms with van der Waals surface area (Å²) in [5.41, 5.74) is 0.769. The second-order valence-electron chi connectivity index (χ2n) is 7.10. The first-order valence-electron chi connectivity index (χ1n) is 9.26. The molecule has 3 aliphatic heterocycles. The van der Waals surface area contributed by atoms with Crippen molar-refractivity contribution in [2.24, 2.45) is 0 Å². The lowest BCUT2D eigenvalue weighted by Crippen LogP contribution is -2.65. The van der Waals surface area contributed by atoms with E-state index in [0.717, 1.165) is 5.56 Å². The summed E-state index contributed by atoms with van der Waals surface area (Å²) in [5.74, 6) is -0.267. The normalized spacial score (nSPS) is 33.8. The number of nitrogens with zero attached hydrogens (tertiary/aromatic N) is 1. The van der Waals surface area contributed by atoms with Gasteiger partial charge in [-0.2, -0.15) is 0 Å². The predicted molar refractivity (Wildman–Crippen MR) is 90.6 cm³/mol. The molecule has 2 bridgehead atoms. The molecule has 5 unspecified atom stereocenters. The van der Waals surface area contributed by atoms with Crippen LogP contribution in [0.25, 0.3) is 0 Å². The summed E-state index contributed by atoms with van der Waals surface area (Å²) in [6.45, 7) is 3.35. The zero-order valence-electron chi connectivity index (χ0n) is 15.1. The van der Waals surface area contributed by atoms with Gasteiger partial charge in [0.25, 0.3) is 0 Å².